The summed E-state index contributed by atoms with van der Waals surface area (Å²) in [5.74, 6) is -0.625. The van der Waals surface area contributed by atoms with Gasteiger partial charge in [0.25, 0.3) is 0 Å². The summed E-state index contributed by atoms with van der Waals surface area (Å²) in [4.78, 5) is 14.9. The highest BCUT2D eigenvalue weighted by atomic mass is 32.1. The van der Waals surface area contributed by atoms with Crippen LogP contribution >= 0.6 is 11.3 Å². The van der Waals surface area contributed by atoms with Gasteiger partial charge < -0.3 is 20.6 Å². The maximum atomic E-state index is 13.1. The van der Waals surface area contributed by atoms with Gasteiger partial charge in [-0.2, -0.15) is 0 Å². The second-order valence-corrected chi connectivity index (χ2v) is 7.59. The predicted molar refractivity (Wildman–Crippen MR) is 97.2 cm³/mol. The number of carbonyl (C=O) groups is 1. The molecule has 5 nitrogen and oxygen atoms in total. The number of thiophene rings is 1. The summed E-state index contributed by atoms with van der Waals surface area (Å²) in [6.45, 7) is 2.70. The van der Waals surface area contributed by atoms with E-state index >= 15 is 0 Å². The molecule has 1 aliphatic rings. The Labute approximate surface area is 151 Å². The first-order chi connectivity index (χ1) is 12.1. The molecular weight excluding hydrogens is 338 g/mol. The van der Waals surface area contributed by atoms with Crippen LogP contribution in [0.4, 0.5) is 0 Å². The van der Waals surface area contributed by atoms with Crippen molar-refractivity contribution in [2.75, 3.05) is 6.54 Å². The van der Waals surface area contributed by atoms with Crippen molar-refractivity contribution in [2.24, 2.45) is 5.92 Å². The molecule has 0 amide bonds. The van der Waals surface area contributed by atoms with Crippen LogP contribution in [0.3, 0.4) is 0 Å². The van der Waals surface area contributed by atoms with E-state index in [1.54, 1.807) is 18.2 Å². The molecule has 1 aliphatic carbocycles. The first-order valence-corrected chi connectivity index (χ1v) is 9.39. The van der Waals surface area contributed by atoms with E-state index in [0.29, 0.717) is 24.1 Å². The normalized spacial score (nSPS) is 18.2. The third kappa shape index (κ3) is 3.42. The van der Waals surface area contributed by atoms with Crippen molar-refractivity contribution >= 4 is 17.1 Å². The summed E-state index contributed by atoms with van der Waals surface area (Å²) in [6, 6.07) is 6.29. The molecule has 0 saturated heterocycles. The zero-order valence-corrected chi connectivity index (χ0v) is 15.0. The zero-order valence-electron chi connectivity index (χ0n) is 14.2. The lowest BCUT2D eigenvalue weighted by Gasteiger charge is -2.30. The minimum Gasteiger partial charge on any atom is -0.504 e. The monoisotopic (exact) mass is 361 g/mol. The highest BCUT2D eigenvalue weighted by molar-refractivity contribution is 7.12. The number of para-hydroxylation sites is 1. The molecule has 0 bridgehead atoms. The maximum absolute atomic E-state index is 13.1. The van der Waals surface area contributed by atoms with Gasteiger partial charge in [0.05, 0.1) is 6.61 Å². The van der Waals surface area contributed by atoms with Gasteiger partial charge in [-0.05, 0) is 37.9 Å². The number of aromatic hydroxyl groups is 2. The van der Waals surface area contributed by atoms with Crippen LogP contribution in [0, 0.1) is 5.92 Å². The summed E-state index contributed by atoms with van der Waals surface area (Å²) in [6.07, 6.45) is 2.35. The molecule has 0 fully saturated rings. The number of nitrogens with one attached hydrogen (secondary N) is 1. The Morgan fingerprint density at radius 3 is 2.88 bits per heavy atom. The van der Waals surface area contributed by atoms with Crippen LogP contribution in [-0.2, 0) is 13.0 Å². The van der Waals surface area contributed by atoms with Crippen molar-refractivity contribution in [3.8, 4) is 11.5 Å². The van der Waals surface area contributed by atoms with E-state index in [0.717, 1.165) is 22.6 Å². The number of fused-ring (bicyclic) bond motifs is 1. The maximum Gasteiger partial charge on any atom is 0.168 e. The predicted octanol–water partition coefficient (Wildman–Crippen LogP) is 3.14. The molecule has 3 rings (SSSR count). The highest BCUT2D eigenvalue weighted by Gasteiger charge is 2.36. The van der Waals surface area contributed by atoms with E-state index in [-0.39, 0.29) is 35.8 Å². The van der Waals surface area contributed by atoms with Crippen LogP contribution in [-0.4, -0.2) is 27.6 Å². The Hall–Kier alpha value is -1.89. The van der Waals surface area contributed by atoms with Crippen LogP contribution in [0.5, 0.6) is 11.5 Å². The number of phenols is 2. The number of carbonyl (C=O) groups excluding carboxylic acids is 1. The number of hydrogen-bond acceptors (Lipinski definition) is 6. The van der Waals surface area contributed by atoms with Crippen molar-refractivity contribution in [3.63, 3.8) is 0 Å². The van der Waals surface area contributed by atoms with Crippen molar-refractivity contribution in [1.29, 1.82) is 0 Å². The molecule has 0 spiro atoms. The lowest BCUT2D eigenvalue weighted by Crippen LogP contribution is -2.36. The van der Waals surface area contributed by atoms with Gasteiger partial charge in [0.15, 0.2) is 17.3 Å². The van der Waals surface area contributed by atoms with Crippen molar-refractivity contribution in [2.45, 2.75) is 38.8 Å². The summed E-state index contributed by atoms with van der Waals surface area (Å²) in [5.41, 5.74) is 1.24. The van der Waals surface area contributed by atoms with Gasteiger partial charge >= 0.3 is 0 Å². The summed E-state index contributed by atoms with van der Waals surface area (Å²) in [7, 11) is 0. The smallest absolute Gasteiger partial charge is 0.168 e. The van der Waals surface area contributed by atoms with Gasteiger partial charge in [0.1, 0.15) is 0 Å². The molecule has 25 heavy (non-hydrogen) atoms. The minimum atomic E-state index is -0.356. The third-order valence-electron chi connectivity index (χ3n) is 4.70. The molecule has 134 valence electrons. The summed E-state index contributed by atoms with van der Waals surface area (Å²) >= 11 is 1.49. The van der Waals surface area contributed by atoms with Crippen LogP contribution in [0.15, 0.2) is 24.3 Å². The number of phenolic OH excluding ortho intramolecular Hbond substituents is 2. The fraction of sp³-hybridized carbons (Fsp3) is 0.421. The largest absolute Gasteiger partial charge is 0.504 e. The molecule has 2 atom stereocenters. The Morgan fingerprint density at radius 1 is 1.36 bits per heavy atom. The number of Topliss-reactive ketones (excluding diaryl/α,β-unsaturated/α-hetero) is 1. The number of ketones is 1. The van der Waals surface area contributed by atoms with Gasteiger partial charge in [-0.1, -0.05) is 19.1 Å². The number of benzene rings is 1. The second-order valence-electron chi connectivity index (χ2n) is 6.36. The zero-order chi connectivity index (χ0) is 18.0. The van der Waals surface area contributed by atoms with E-state index in [2.05, 4.69) is 5.32 Å². The standard InChI is InChI=1S/C19H23NO4S/c1-2-8-20-17(12-4-3-5-15(22)19(12)24)13-6-7-16-14(18(13)23)9-11(10-21)25-16/h3-5,9,13,17,20-22,24H,2,6-8,10H2,1H3. The molecule has 6 heteroatoms. The Balaban J connectivity index is 1.96. The van der Waals surface area contributed by atoms with Crippen LogP contribution in [0.1, 0.15) is 51.5 Å². The van der Waals surface area contributed by atoms with Crippen molar-refractivity contribution in [1.82, 2.24) is 5.32 Å². The van der Waals surface area contributed by atoms with Gasteiger partial charge in [-0.25, -0.2) is 0 Å². The number of aliphatic hydroxyl groups excluding tert-OH is 1. The summed E-state index contributed by atoms with van der Waals surface area (Å²) in [5, 5.41) is 32.8. The molecule has 0 radical (unpaired) electrons. The van der Waals surface area contributed by atoms with Gasteiger partial charge in [0.2, 0.25) is 0 Å². The van der Waals surface area contributed by atoms with Crippen LogP contribution in [0.2, 0.25) is 0 Å². The molecule has 2 aromatic rings. The van der Waals surface area contributed by atoms with Gasteiger partial charge in [-0.3, -0.25) is 4.79 Å². The lowest BCUT2D eigenvalue weighted by molar-refractivity contribution is 0.0867. The molecule has 0 saturated carbocycles. The molecule has 4 N–H and O–H groups in total. The number of hydrogen-bond donors (Lipinski definition) is 4. The quantitative estimate of drug-likeness (QED) is 0.594. The van der Waals surface area contributed by atoms with E-state index in [1.807, 2.05) is 6.92 Å². The fourth-order valence-electron chi connectivity index (χ4n) is 3.46. The molecule has 1 aromatic carbocycles. The average molecular weight is 361 g/mol. The minimum absolute atomic E-state index is 0.0357. The van der Waals surface area contributed by atoms with E-state index in [4.69, 9.17) is 0 Å². The highest BCUT2D eigenvalue weighted by Crippen LogP contribution is 2.41. The molecular formula is C19H23NO4S. The topological polar surface area (TPSA) is 89.8 Å². The molecule has 1 aromatic heterocycles. The van der Waals surface area contributed by atoms with E-state index in [9.17, 15) is 20.1 Å². The first-order valence-electron chi connectivity index (χ1n) is 8.57. The van der Waals surface area contributed by atoms with Crippen LogP contribution < -0.4 is 5.32 Å². The molecule has 0 aliphatic heterocycles. The number of rotatable bonds is 6. The number of aryl methyl sites for hydroxylation is 1. The third-order valence-corrected chi connectivity index (χ3v) is 5.88. The second kappa shape index (κ2) is 7.56. The fourth-order valence-corrected chi connectivity index (χ4v) is 4.51. The van der Waals surface area contributed by atoms with E-state index < -0.39 is 0 Å². The Bertz CT molecular complexity index is 771. The number of aliphatic hydroxyl groups is 1. The first kappa shape index (κ1) is 17.9. The lowest BCUT2D eigenvalue weighted by atomic mass is 9.79. The van der Waals surface area contributed by atoms with Crippen LogP contribution in [0.25, 0.3) is 0 Å². The van der Waals surface area contributed by atoms with Gasteiger partial charge in [-0.15, -0.1) is 11.3 Å². The van der Waals surface area contributed by atoms with Gasteiger partial charge in [0, 0.05) is 32.8 Å². The Morgan fingerprint density at radius 2 is 2.16 bits per heavy atom. The van der Waals surface area contributed by atoms with E-state index in [1.165, 1.54) is 17.4 Å². The van der Waals surface area contributed by atoms with Crippen molar-refractivity contribution in [3.05, 3.63) is 45.1 Å². The van der Waals surface area contributed by atoms with Crippen molar-refractivity contribution < 1.29 is 20.1 Å². The molecule has 2 unspecified atom stereocenters. The molecule has 1 heterocycles. The Kier molecular flexibility index (Phi) is 5.42. The average Bonchev–Trinajstić information content (AvgIpc) is 3.04. The summed E-state index contributed by atoms with van der Waals surface area (Å²) < 4.78 is 0. The SMILES string of the molecule is CCCNC(c1cccc(O)c1O)C1CCc2sc(CO)cc2C1=O.